The molecular weight excluding hydrogens is 600 g/mol. The number of benzene rings is 4. The molecular formula is C38H37F2N3O4. The molecule has 1 fully saturated rings. The maximum atomic E-state index is 14.9. The normalized spacial score (nSPS) is 13.1. The zero-order valence-corrected chi connectivity index (χ0v) is 26.7. The molecule has 2 amide bonds. The Morgan fingerprint density at radius 2 is 1.64 bits per heavy atom. The molecule has 0 unspecified atom stereocenters. The molecule has 1 heterocycles. The minimum Gasteiger partial charge on any atom is -0.497 e. The van der Waals surface area contributed by atoms with Crippen molar-refractivity contribution in [3.05, 3.63) is 130 Å². The van der Waals surface area contributed by atoms with Gasteiger partial charge in [-0.05, 0) is 97.8 Å². The Morgan fingerprint density at radius 3 is 2.28 bits per heavy atom. The predicted molar refractivity (Wildman–Crippen MR) is 179 cm³/mol. The molecule has 0 spiro atoms. The predicted octanol–water partition coefficient (Wildman–Crippen LogP) is 7.47. The Bertz CT molecular complexity index is 1800. The summed E-state index contributed by atoms with van der Waals surface area (Å²) in [4.78, 5) is 41.9. The van der Waals surface area contributed by atoms with Crippen LogP contribution in [-0.4, -0.2) is 49.4 Å². The van der Waals surface area contributed by atoms with E-state index in [1.54, 1.807) is 61.7 Å². The number of hydrogen-bond acceptors (Lipinski definition) is 5. The van der Waals surface area contributed by atoms with Gasteiger partial charge in [0.05, 0.1) is 12.8 Å². The zero-order chi connectivity index (χ0) is 33.5. The Kier molecular flexibility index (Phi) is 10.5. The van der Waals surface area contributed by atoms with Gasteiger partial charge in [0.1, 0.15) is 29.0 Å². The van der Waals surface area contributed by atoms with Crippen LogP contribution in [0.15, 0.2) is 90.6 Å². The Labute approximate surface area is 273 Å². The fourth-order valence-electron chi connectivity index (χ4n) is 6.15. The molecule has 1 aliphatic heterocycles. The van der Waals surface area contributed by atoms with Crippen LogP contribution in [0, 0.1) is 25.5 Å². The first kappa shape index (κ1) is 33.1. The maximum absolute atomic E-state index is 14.9. The number of methoxy groups -OCH3 is 1. The van der Waals surface area contributed by atoms with Crippen LogP contribution in [0.5, 0.6) is 5.75 Å². The standard InChI is InChI=1S/C38H37F2N3O4/c1-25-9-15-33(26(2)36(25)41-37(45)28-10-13-32(47-3)14-11-28)27-17-20-42(21-18-27)31(24-44)19-22-43(35-16-12-30(39)23-34(35)40)38(46)29-7-5-4-6-8-29/h4-16,23,27H,17-22H2,1-3H3,(H,41,45). The van der Waals surface area contributed by atoms with Gasteiger partial charge in [0.15, 0.2) is 0 Å². The molecule has 0 atom stereocenters. The molecule has 0 bridgehead atoms. The van der Waals surface area contributed by atoms with Crippen molar-refractivity contribution in [2.75, 3.05) is 37.0 Å². The number of piperidine rings is 1. The third-order valence-electron chi connectivity index (χ3n) is 8.78. The van der Waals surface area contributed by atoms with Crippen LogP contribution in [0.4, 0.5) is 20.2 Å². The van der Waals surface area contributed by atoms with E-state index in [4.69, 9.17) is 4.74 Å². The van der Waals surface area contributed by atoms with Gasteiger partial charge in [0, 0.05) is 48.9 Å². The van der Waals surface area contributed by atoms with E-state index in [-0.39, 0.29) is 30.5 Å². The molecule has 9 heteroatoms. The minimum absolute atomic E-state index is 0.00903. The van der Waals surface area contributed by atoms with Crippen molar-refractivity contribution in [2.24, 2.45) is 0 Å². The topological polar surface area (TPSA) is 79.0 Å². The van der Waals surface area contributed by atoms with Gasteiger partial charge in [-0.3, -0.25) is 9.59 Å². The number of anilines is 2. The maximum Gasteiger partial charge on any atom is 0.258 e. The van der Waals surface area contributed by atoms with Crippen LogP contribution < -0.4 is 15.0 Å². The molecule has 4 aromatic carbocycles. The van der Waals surface area contributed by atoms with Crippen LogP contribution in [0.25, 0.3) is 0 Å². The van der Waals surface area contributed by atoms with Crippen molar-refractivity contribution in [1.29, 1.82) is 0 Å². The van der Waals surface area contributed by atoms with Crippen LogP contribution in [-0.2, 0) is 4.79 Å². The summed E-state index contributed by atoms with van der Waals surface area (Å²) in [6.45, 7) is 5.17. The zero-order valence-electron chi connectivity index (χ0n) is 26.7. The molecule has 7 nitrogen and oxygen atoms in total. The number of nitrogens with zero attached hydrogens (tertiary/aromatic N) is 2. The number of halogens is 2. The smallest absolute Gasteiger partial charge is 0.258 e. The molecule has 1 saturated heterocycles. The van der Waals surface area contributed by atoms with Crippen molar-refractivity contribution in [3.8, 4) is 5.75 Å². The van der Waals surface area contributed by atoms with Gasteiger partial charge in [-0.1, -0.05) is 30.3 Å². The summed E-state index contributed by atoms with van der Waals surface area (Å²) in [7, 11) is 1.58. The third kappa shape index (κ3) is 7.59. The average molecular weight is 638 g/mol. The third-order valence-corrected chi connectivity index (χ3v) is 8.78. The first-order chi connectivity index (χ1) is 22.7. The monoisotopic (exact) mass is 637 g/mol. The lowest BCUT2D eigenvalue weighted by molar-refractivity contribution is 0.0984. The molecule has 5 rings (SSSR count). The Hall–Kier alpha value is -5.27. The molecule has 0 aromatic heterocycles. The average Bonchev–Trinajstić information content (AvgIpc) is 3.09. The summed E-state index contributed by atoms with van der Waals surface area (Å²) in [5.74, 6) is 0.676. The van der Waals surface area contributed by atoms with E-state index in [1.807, 2.05) is 24.8 Å². The van der Waals surface area contributed by atoms with Crippen LogP contribution >= 0.6 is 0 Å². The van der Waals surface area contributed by atoms with Crippen molar-refractivity contribution >= 4 is 29.1 Å². The minimum atomic E-state index is -0.861. The highest BCUT2D eigenvalue weighted by Crippen LogP contribution is 2.36. The number of aryl methyl sites for hydroxylation is 1. The van der Waals surface area contributed by atoms with Crippen molar-refractivity contribution in [1.82, 2.24) is 4.90 Å². The largest absolute Gasteiger partial charge is 0.497 e. The second-order valence-corrected chi connectivity index (χ2v) is 11.6. The Morgan fingerprint density at radius 1 is 0.936 bits per heavy atom. The number of carbonyl (C=O) groups is 2. The molecule has 1 N–H and O–H groups in total. The van der Waals surface area contributed by atoms with E-state index in [2.05, 4.69) is 17.3 Å². The summed E-state index contributed by atoms with van der Waals surface area (Å²) in [6, 6.07) is 22.6. The highest BCUT2D eigenvalue weighted by atomic mass is 19.1. The molecule has 47 heavy (non-hydrogen) atoms. The molecule has 1 aliphatic rings. The number of ether oxygens (including phenoxy) is 1. The van der Waals surface area contributed by atoms with Crippen molar-refractivity contribution in [3.63, 3.8) is 0 Å². The number of amides is 2. The Balaban J connectivity index is 1.26. The van der Waals surface area contributed by atoms with Gasteiger partial charge < -0.3 is 19.9 Å². The fraction of sp³-hybridized carbons (Fsp3) is 0.263. The first-order valence-corrected chi connectivity index (χ1v) is 15.6. The summed E-state index contributed by atoms with van der Waals surface area (Å²) >= 11 is 0. The van der Waals surface area contributed by atoms with E-state index < -0.39 is 17.5 Å². The molecule has 242 valence electrons. The highest BCUT2D eigenvalue weighted by molar-refractivity contribution is 6.06. The molecule has 0 saturated carbocycles. The van der Waals surface area contributed by atoms with Gasteiger partial charge in [0.25, 0.3) is 11.8 Å². The summed E-state index contributed by atoms with van der Waals surface area (Å²) < 4.78 is 33.7. The lowest BCUT2D eigenvalue weighted by Crippen LogP contribution is -2.37. The lowest BCUT2D eigenvalue weighted by atomic mass is 9.85. The number of likely N-dealkylation sites (tertiary alicyclic amines) is 1. The molecule has 0 aliphatic carbocycles. The number of rotatable bonds is 10. The van der Waals surface area contributed by atoms with Gasteiger partial charge in [-0.2, -0.15) is 0 Å². The molecule has 0 radical (unpaired) electrons. The van der Waals surface area contributed by atoms with Gasteiger partial charge in [0.2, 0.25) is 0 Å². The second kappa shape index (κ2) is 14.9. The van der Waals surface area contributed by atoms with Gasteiger partial charge >= 0.3 is 0 Å². The highest BCUT2D eigenvalue weighted by Gasteiger charge is 2.27. The first-order valence-electron chi connectivity index (χ1n) is 15.6. The van der Waals surface area contributed by atoms with Crippen LogP contribution in [0.2, 0.25) is 0 Å². The number of carbonyl (C=O) groups excluding carboxylic acids is 3. The van der Waals surface area contributed by atoms with E-state index in [0.29, 0.717) is 35.7 Å². The number of hydrogen-bond donors (Lipinski definition) is 1. The van der Waals surface area contributed by atoms with E-state index in [0.717, 1.165) is 47.4 Å². The summed E-state index contributed by atoms with van der Waals surface area (Å²) in [6.07, 6.45) is 1.68. The second-order valence-electron chi connectivity index (χ2n) is 11.6. The van der Waals surface area contributed by atoms with Crippen LogP contribution in [0.3, 0.4) is 0 Å². The van der Waals surface area contributed by atoms with Gasteiger partial charge in [-0.25, -0.2) is 13.6 Å². The summed E-state index contributed by atoms with van der Waals surface area (Å²) in [5, 5.41) is 3.09. The van der Waals surface area contributed by atoms with Crippen molar-refractivity contribution < 1.29 is 27.9 Å². The number of nitrogens with one attached hydrogen (secondary N) is 1. The lowest BCUT2D eigenvalue weighted by Gasteiger charge is -2.35. The quantitative estimate of drug-likeness (QED) is 0.183. The SMILES string of the molecule is COc1ccc(C(=O)Nc2c(C)ccc(C3CCN(C(=C=O)CCN(C(=O)c4ccccc4)c4ccc(F)cc4F)CC3)c2C)cc1. The van der Waals surface area contributed by atoms with E-state index in [1.165, 1.54) is 11.0 Å². The van der Waals surface area contributed by atoms with Crippen LogP contribution in [0.1, 0.15) is 62.6 Å². The van der Waals surface area contributed by atoms with E-state index >= 15 is 0 Å². The van der Waals surface area contributed by atoms with E-state index in [9.17, 15) is 23.2 Å². The van der Waals surface area contributed by atoms with Crippen molar-refractivity contribution in [2.45, 2.75) is 39.0 Å². The fourth-order valence-corrected chi connectivity index (χ4v) is 6.15. The molecule has 4 aromatic rings. The van der Waals surface area contributed by atoms with Gasteiger partial charge in [-0.15, -0.1) is 0 Å². The summed E-state index contributed by atoms with van der Waals surface area (Å²) in [5.41, 5.74) is 5.11.